The fourth-order valence-electron chi connectivity index (χ4n) is 2.09. The fourth-order valence-corrected chi connectivity index (χ4v) is 3.04. The summed E-state index contributed by atoms with van der Waals surface area (Å²) in [4.78, 5) is 8.67. The molecule has 0 aliphatic heterocycles. The van der Waals surface area contributed by atoms with Crippen molar-refractivity contribution >= 4 is 27.4 Å². The van der Waals surface area contributed by atoms with Crippen LogP contribution in [0, 0.1) is 6.92 Å². The summed E-state index contributed by atoms with van der Waals surface area (Å²) in [5.41, 5.74) is 2.23. The van der Waals surface area contributed by atoms with E-state index in [0.29, 0.717) is 0 Å². The van der Waals surface area contributed by atoms with Gasteiger partial charge in [-0.3, -0.25) is 0 Å². The van der Waals surface area contributed by atoms with Crippen LogP contribution in [-0.4, -0.2) is 16.0 Å². The summed E-state index contributed by atoms with van der Waals surface area (Å²) in [5, 5.41) is 5.55. The molecule has 1 atom stereocenters. The van der Waals surface area contributed by atoms with E-state index in [-0.39, 0.29) is 6.04 Å². The molecule has 3 heterocycles. The van der Waals surface area contributed by atoms with Crippen LogP contribution < -0.4 is 5.32 Å². The van der Waals surface area contributed by atoms with Crippen molar-refractivity contribution in [3.63, 3.8) is 0 Å². The average molecular weight is 273 g/mol. The highest BCUT2D eigenvalue weighted by molar-refractivity contribution is 7.18. The number of aryl methyl sites for hydroxylation is 1. The van der Waals surface area contributed by atoms with Gasteiger partial charge in [0.25, 0.3) is 0 Å². The minimum Gasteiger partial charge on any atom is -0.469 e. The first-order chi connectivity index (χ1) is 9.24. The lowest BCUT2D eigenvalue weighted by molar-refractivity contribution is 0.497. The van der Waals surface area contributed by atoms with Crippen LogP contribution in [0.1, 0.15) is 18.2 Å². The maximum atomic E-state index is 5.36. The van der Waals surface area contributed by atoms with Crippen molar-refractivity contribution in [1.82, 2.24) is 9.97 Å². The summed E-state index contributed by atoms with van der Waals surface area (Å²) < 4.78 is 6.48. The number of aromatic nitrogens is 2. The molecule has 1 N–H and O–H groups in total. The highest BCUT2D eigenvalue weighted by Crippen LogP contribution is 2.28. The Kier molecular flexibility index (Phi) is 3.21. The van der Waals surface area contributed by atoms with Gasteiger partial charge in [0.15, 0.2) is 0 Å². The Morgan fingerprint density at radius 2 is 2.32 bits per heavy atom. The van der Waals surface area contributed by atoms with Crippen molar-refractivity contribution in [3.05, 3.63) is 41.4 Å². The van der Waals surface area contributed by atoms with Gasteiger partial charge >= 0.3 is 0 Å². The van der Waals surface area contributed by atoms with Crippen LogP contribution in [0.5, 0.6) is 0 Å². The summed E-state index contributed by atoms with van der Waals surface area (Å²) in [5.74, 6) is 1.88. The predicted molar refractivity (Wildman–Crippen MR) is 77.6 cm³/mol. The van der Waals surface area contributed by atoms with Crippen molar-refractivity contribution in [1.29, 1.82) is 0 Å². The topological polar surface area (TPSA) is 51.0 Å². The molecule has 4 nitrogen and oxygen atoms in total. The number of fused-ring (bicyclic) bond motifs is 1. The lowest BCUT2D eigenvalue weighted by Gasteiger charge is -2.13. The van der Waals surface area contributed by atoms with Crippen LogP contribution in [0.15, 0.2) is 34.5 Å². The maximum absolute atomic E-state index is 5.36. The van der Waals surface area contributed by atoms with E-state index in [1.807, 2.05) is 12.1 Å². The first kappa shape index (κ1) is 12.2. The summed E-state index contributed by atoms with van der Waals surface area (Å²) in [6.07, 6.45) is 4.15. The minimum atomic E-state index is 0.256. The number of anilines is 1. The van der Waals surface area contributed by atoms with Crippen molar-refractivity contribution in [2.24, 2.45) is 0 Å². The molecule has 0 aliphatic rings. The van der Waals surface area contributed by atoms with Gasteiger partial charge < -0.3 is 9.73 Å². The Balaban J connectivity index is 1.81. The molecule has 0 spiro atoms. The van der Waals surface area contributed by atoms with Gasteiger partial charge in [-0.1, -0.05) is 0 Å². The Hall–Kier alpha value is -1.88. The zero-order valence-corrected chi connectivity index (χ0v) is 11.7. The standard InChI is InChI=1S/C14H15N3OS/c1-9-7-19-13-12(9)15-8-16-14(13)17-10(2)6-11-4-3-5-18-11/h3-5,7-8,10H,6H2,1-2H3,(H,15,16,17). The monoisotopic (exact) mass is 273 g/mol. The van der Waals surface area contributed by atoms with Crippen molar-refractivity contribution in [2.45, 2.75) is 26.3 Å². The third-order valence-electron chi connectivity index (χ3n) is 3.00. The van der Waals surface area contributed by atoms with Crippen LogP contribution in [0.4, 0.5) is 5.82 Å². The van der Waals surface area contributed by atoms with Crippen molar-refractivity contribution < 1.29 is 4.42 Å². The smallest absolute Gasteiger partial charge is 0.147 e. The zero-order chi connectivity index (χ0) is 13.2. The van der Waals surface area contributed by atoms with Crippen LogP contribution in [0.25, 0.3) is 10.2 Å². The van der Waals surface area contributed by atoms with Crippen molar-refractivity contribution in [2.75, 3.05) is 5.32 Å². The molecule has 3 aromatic rings. The molecule has 3 rings (SSSR count). The second-order valence-electron chi connectivity index (χ2n) is 4.65. The van der Waals surface area contributed by atoms with E-state index in [0.717, 1.165) is 28.2 Å². The van der Waals surface area contributed by atoms with Gasteiger partial charge in [0, 0.05) is 12.5 Å². The molecule has 3 aromatic heterocycles. The van der Waals surface area contributed by atoms with Crippen molar-refractivity contribution in [3.8, 4) is 0 Å². The minimum absolute atomic E-state index is 0.256. The first-order valence-corrected chi connectivity index (χ1v) is 7.09. The number of nitrogens with zero attached hydrogens (tertiary/aromatic N) is 2. The molecule has 0 aromatic carbocycles. The molecule has 0 saturated heterocycles. The summed E-state index contributed by atoms with van der Waals surface area (Å²) in [6, 6.07) is 4.16. The summed E-state index contributed by atoms with van der Waals surface area (Å²) in [7, 11) is 0. The fraction of sp³-hybridized carbons (Fsp3) is 0.286. The number of nitrogens with one attached hydrogen (secondary N) is 1. The summed E-state index contributed by atoms with van der Waals surface area (Å²) >= 11 is 1.68. The number of furan rings is 1. The van der Waals surface area contributed by atoms with Gasteiger partial charge in [-0.15, -0.1) is 11.3 Å². The largest absolute Gasteiger partial charge is 0.469 e. The van der Waals surface area contributed by atoms with Gasteiger partial charge in [0.1, 0.15) is 17.9 Å². The Morgan fingerprint density at radius 3 is 3.11 bits per heavy atom. The summed E-state index contributed by atoms with van der Waals surface area (Å²) in [6.45, 7) is 4.19. The second-order valence-corrected chi connectivity index (χ2v) is 5.53. The molecular weight excluding hydrogens is 258 g/mol. The molecule has 98 valence electrons. The number of rotatable bonds is 4. The third kappa shape index (κ3) is 2.46. The lowest BCUT2D eigenvalue weighted by Crippen LogP contribution is -2.18. The van der Waals surface area contributed by atoms with E-state index in [1.54, 1.807) is 23.9 Å². The first-order valence-electron chi connectivity index (χ1n) is 6.22. The van der Waals surface area contributed by atoms with Crippen LogP contribution >= 0.6 is 11.3 Å². The van der Waals surface area contributed by atoms with Gasteiger partial charge in [0.05, 0.1) is 16.5 Å². The normalized spacial score (nSPS) is 12.7. The van der Waals surface area contributed by atoms with E-state index < -0.39 is 0 Å². The molecule has 19 heavy (non-hydrogen) atoms. The molecule has 0 saturated carbocycles. The average Bonchev–Trinajstić information content (AvgIpc) is 3.01. The Morgan fingerprint density at radius 1 is 1.42 bits per heavy atom. The number of thiophene rings is 1. The van der Waals surface area contributed by atoms with Crippen LogP contribution in [-0.2, 0) is 6.42 Å². The molecule has 0 radical (unpaired) electrons. The number of hydrogen-bond acceptors (Lipinski definition) is 5. The molecule has 0 fully saturated rings. The number of hydrogen-bond donors (Lipinski definition) is 1. The quantitative estimate of drug-likeness (QED) is 0.788. The van der Waals surface area contributed by atoms with Gasteiger partial charge in [-0.05, 0) is 36.9 Å². The van der Waals surface area contributed by atoms with Crippen LogP contribution in [0.3, 0.4) is 0 Å². The Labute approximate surface area is 115 Å². The third-order valence-corrected chi connectivity index (χ3v) is 4.10. The van der Waals surface area contributed by atoms with E-state index in [2.05, 4.69) is 34.5 Å². The van der Waals surface area contributed by atoms with E-state index in [9.17, 15) is 0 Å². The predicted octanol–water partition coefficient (Wildman–Crippen LogP) is 3.64. The van der Waals surface area contributed by atoms with Gasteiger partial charge in [-0.2, -0.15) is 0 Å². The highest BCUT2D eigenvalue weighted by atomic mass is 32.1. The zero-order valence-electron chi connectivity index (χ0n) is 10.9. The van der Waals surface area contributed by atoms with Crippen LogP contribution in [0.2, 0.25) is 0 Å². The van der Waals surface area contributed by atoms with E-state index in [4.69, 9.17) is 4.42 Å². The molecule has 1 unspecified atom stereocenters. The highest BCUT2D eigenvalue weighted by Gasteiger charge is 2.11. The molecule has 0 aliphatic carbocycles. The van der Waals surface area contributed by atoms with Gasteiger partial charge in [-0.25, -0.2) is 9.97 Å². The SMILES string of the molecule is Cc1csc2c(NC(C)Cc3ccco3)ncnc12. The lowest BCUT2D eigenvalue weighted by atomic mass is 10.2. The second kappa shape index (κ2) is 5.01. The maximum Gasteiger partial charge on any atom is 0.147 e. The van der Waals surface area contributed by atoms with E-state index >= 15 is 0 Å². The Bertz CT molecular complexity index is 675. The molecule has 0 amide bonds. The van der Waals surface area contributed by atoms with Gasteiger partial charge in [0.2, 0.25) is 0 Å². The molecular formula is C14H15N3OS. The molecule has 0 bridgehead atoms. The van der Waals surface area contributed by atoms with E-state index in [1.165, 1.54) is 5.56 Å². The molecule has 5 heteroatoms.